The van der Waals surface area contributed by atoms with Gasteiger partial charge in [-0.2, -0.15) is 0 Å². The van der Waals surface area contributed by atoms with Crippen molar-refractivity contribution in [3.05, 3.63) is 88.0 Å². The lowest BCUT2D eigenvalue weighted by atomic mass is 9.86. The third-order valence-electron chi connectivity index (χ3n) is 6.73. The molecule has 0 aliphatic carbocycles. The zero-order chi connectivity index (χ0) is 27.0. The van der Waals surface area contributed by atoms with Crippen LogP contribution >= 0.6 is 7.60 Å². The highest BCUT2D eigenvalue weighted by Crippen LogP contribution is 2.36. The predicted molar refractivity (Wildman–Crippen MR) is 149 cm³/mol. The molecule has 4 aromatic rings. The number of hydrogen-bond acceptors (Lipinski definition) is 3. The van der Waals surface area contributed by atoms with Crippen molar-refractivity contribution in [3.63, 3.8) is 0 Å². The fraction of sp³-hybridized carbons (Fsp3) is 0.333. The number of aromatic nitrogens is 2. The van der Waals surface area contributed by atoms with E-state index in [-0.39, 0.29) is 17.4 Å². The summed E-state index contributed by atoms with van der Waals surface area (Å²) in [6, 6.07) is 18.0. The van der Waals surface area contributed by atoms with E-state index < -0.39 is 7.60 Å². The van der Waals surface area contributed by atoms with Gasteiger partial charge in [-0.15, -0.1) is 0 Å². The van der Waals surface area contributed by atoms with Crippen LogP contribution in [-0.4, -0.2) is 31.7 Å². The van der Waals surface area contributed by atoms with Crippen molar-refractivity contribution in [1.82, 2.24) is 9.97 Å². The van der Waals surface area contributed by atoms with Gasteiger partial charge in [0, 0.05) is 17.5 Å². The van der Waals surface area contributed by atoms with Crippen molar-refractivity contribution in [2.75, 3.05) is 6.16 Å². The first-order chi connectivity index (χ1) is 17.3. The lowest BCUT2D eigenvalue weighted by molar-refractivity contribution is 0.0993. The quantitative estimate of drug-likeness (QED) is 0.178. The van der Waals surface area contributed by atoms with Crippen LogP contribution in [0.15, 0.2) is 54.6 Å². The Bertz CT molecular complexity index is 1470. The third kappa shape index (κ3) is 6.64. The molecule has 3 N–H and O–H groups in total. The molecule has 6 nitrogen and oxygen atoms in total. The summed E-state index contributed by atoms with van der Waals surface area (Å²) < 4.78 is 11.1. The van der Waals surface area contributed by atoms with Gasteiger partial charge in [0.25, 0.3) is 0 Å². The zero-order valence-electron chi connectivity index (χ0n) is 22.1. The van der Waals surface area contributed by atoms with E-state index >= 15 is 0 Å². The average molecular weight is 519 g/mol. The predicted octanol–water partition coefficient (Wildman–Crippen LogP) is 6.68. The molecule has 0 bridgehead atoms. The smallest absolute Gasteiger partial charge is 0.325 e. The molecule has 194 valence electrons. The van der Waals surface area contributed by atoms with Gasteiger partial charge >= 0.3 is 7.60 Å². The Hall–Kier alpha value is -3.05. The summed E-state index contributed by atoms with van der Waals surface area (Å²) >= 11 is 0. The van der Waals surface area contributed by atoms with Crippen molar-refractivity contribution >= 4 is 24.4 Å². The number of aromatic amines is 1. The molecule has 0 fully saturated rings. The summed E-state index contributed by atoms with van der Waals surface area (Å²) in [5.41, 5.74) is 8.71. The highest BCUT2D eigenvalue weighted by molar-refractivity contribution is 7.51. The van der Waals surface area contributed by atoms with Crippen molar-refractivity contribution in [2.45, 2.75) is 59.3 Å². The number of rotatable bonds is 8. The first-order valence-electron chi connectivity index (χ1n) is 12.6. The van der Waals surface area contributed by atoms with E-state index in [1.165, 1.54) is 5.56 Å². The number of imidazole rings is 1. The molecule has 0 spiro atoms. The van der Waals surface area contributed by atoms with Gasteiger partial charge in [-0.3, -0.25) is 9.36 Å². The largest absolute Gasteiger partial charge is 0.338 e. The Morgan fingerprint density at radius 1 is 0.946 bits per heavy atom. The van der Waals surface area contributed by atoms with E-state index in [2.05, 4.69) is 50.0 Å². The van der Waals surface area contributed by atoms with E-state index in [0.29, 0.717) is 24.8 Å². The van der Waals surface area contributed by atoms with E-state index in [4.69, 9.17) is 14.8 Å². The van der Waals surface area contributed by atoms with Gasteiger partial charge in [0.15, 0.2) is 5.78 Å². The van der Waals surface area contributed by atoms with E-state index in [9.17, 15) is 9.36 Å². The molecule has 1 heterocycles. The molecule has 0 amide bonds. The van der Waals surface area contributed by atoms with Crippen LogP contribution in [0.1, 0.15) is 65.4 Å². The summed E-state index contributed by atoms with van der Waals surface area (Å²) in [6.07, 6.45) is 1.28. The average Bonchev–Trinajstić information content (AvgIpc) is 3.20. The topological polar surface area (TPSA) is 103 Å². The minimum absolute atomic E-state index is 0.0635. The van der Waals surface area contributed by atoms with Crippen molar-refractivity contribution in [3.8, 4) is 11.4 Å². The maximum atomic E-state index is 13.0. The Labute approximate surface area is 218 Å². The van der Waals surface area contributed by atoms with Gasteiger partial charge in [-0.1, -0.05) is 57.2 Å². The first-order valence-corrected chi connectivity index (χ1v) is 14.4. The number of carbonyl (C=O) groups is 1. The Balaban J connectivity index is 1.53. The summed E-state index contributed by atoms with van der Waals surface area (Å²) in [7, 11) is -3.98. The highest BCUT2D eigenvalue weighted by atomic mass is 31.2. The van der Waals surface area contributed by atoms with Gasteiger partial charge in [-0.25, -0.2) is 4.98 Å². The first kappa shape index (κ1) is 27.0. The molecule has 4 rings (SSSR count). The molecule has 0 saturated heterocycles. The molecule has 0 radical (unpaired) electrons. The molecular formula is C30H35N2O4P. The monoisotopic (exact) mass is 518 g/mol. The number of aryl methyl sites for hydroxylation is 3. The van der Waals surface area contributed by atoms with Gasteiger partial charge in [-0.05, 0) is 78.1 Å². The fourth-order valence-electron chi connectivity index (χ4n) is 4.77. The number of hydrogen-bond donors (Lipinski definition) is 3. The van der Waals surface area contributed by atoms with Crippen molar-refractivity contribution < 1.29 is 19.1 Å². The number of benzene rings is 3. The van der Waals surface area contributed by atoms with Crippen LogP contribution in [0, 0.1) is 13.8 Å². The van der Waals surface area contributed by atoms with Crippen LogP contribution in [0.25, 0.3) is 22.4 Å². The molecular weight excluding hydrogens is 483 g/mol. The minimum atomic E-state index is -3.98. The fourth-order valence-corrected chi connectivity index (χ4v) is 5.34. The second kappa shape index (κ2) is 10.4. The van der Waals surface area contributed by atoms with Gasteiger partial charge < -0.3 is 14.8 Å². The second-order valence-corrected chi connectivity index (χ2v) is 12.7. The van der Waals surface area contributed by atoms with Crippen LogP contribution in [0.2, 0.25) is 0 Å². The number of H-pyrrole nitrogens is 1. The summed E-state index contributed by atoms with van der Waals surface area (Å²) in [6.45, 7) is 10.6. The highest BCUT2D eigenvalue weighted by Gasteiger charge is 2.17. The van der Waals surface area contributed by atoms with E-state index in [0.717, 1.165) is 44.7 Å². The number of nitrogens with one attached hydrogen (secondary N) is 1. The summed E-state index contributed by atoms with van der Waals surface area (Å²) in [5, 5.41) is 0. The van der Waals surface area contributed by atoms with Crippen molar-refractivity contribution in [2.24, 2.45) is 0 Å². The molecule has 37 heavy (non-hydrogen) atoms. The van der Waals surface area contributed by atoms with Crippen LogP contribution in [0.4, 0.5) is 0 Å². The molecule has 0 unspecified atom stereocenters. The molecule has 0 atom stereocenters. The molecule has 1 aromatic heterocycles. The van der Waals surface area contributed by atoms with Crippen LogP contribution in [0.3, 0.4) is 0 Å². The minimum Gasteiger partial charge on any atom is -0.338 e. The molecule has 0 saturated carbocycles. The number of Topliss-reactive ketones (excluding diaryl/α,β-unsaturated/α-hetero) is 1. The zero-order valence-corrected chi connectivity index (χ0v) is 23.0. The Kier molecular flexibility index (Phi) is 7.57. The molecule has 3 aromatic carbocycles. The van der Waals surface area contributed by atoms with Crippen molar-refractivity contribution in [1.29, 1.82) is 0 Å². The number of nitrogens with zero attached hydrogens (tertiary/aromatic N) is 1. The SMILES string of the molecule is Cc1cc(CCCP(=O)(O)O)cc(C)c1-c1nc2ccc(C(=O)Cc3ccc(C(C)(C)C)cc3)cc2[nH]1. The Morgan fingerprint density at radius 3 is 2.19 bits per heavy atom. The molecule has 7 heteroatoms. The number of ketones is 1. The molecule has 0 aliphatic heterocycles. The van der Waals surface area contributed by atoms with Crippen LogP contribution < -0.4 is 0 Å². The van der Waals surface area contributed by atoms with Gasteiger partial charge in [0.2, 0.25) is 0 Å². The lowest BCUT2D eigenvalue weighted by Gasteiger charge is -2.19. The van der Waals surface area contributed by atoms with E-state index in [1.54, 1.807) is 0 Å². The third-order valence-corrected chi connectivity index (χ3v) is 7.63. The normalized spacial score (nSPS) is 12.3. The standard InChI is InChI=1S/C30H35N2O4P/c1-19-15-22(7-6-14-37(34,35)36)16-20(2)28(19)29-31-25-13-10-23(18-26(25)32-29)27(33)17-21-8-11-24(12-9-21)30(3,4)5/h8-13,15-16,18H,6-7,14,17H2,1-5H3,(H,31,32)(H2,34,35,36). The molecule has 0 aliphatic rings. The number of fused-ring (bicyclic) bond motifs is 1. The number of carbonyl (C=O) groups excluding carboxylic acids is 1. The maximum absolute atomic E-state index is 13.0. The van der Waals surface area contributed by atoms with Crippen LogP contribution in [0.5, 0.6) is 0 Å². The van der Waals surface area contributed by atoms with Gasteiger partial charge in [0.05, 0.1) is 17.2 Å². The van der Waals surface area contributed by atoms with Crippen LogP contribution in [-0.2, 0) is 22.8 Å². The van der Waals surface area contributed by atoms with E-state index in [1.807, 2.05) is 44.2 Å². The lowest BCUT2D eigenvalue weighted by Crippen LogP contribution is -2.11. The second-order valence-electron chi connectivity index (χ2n) is 11.0. The summed E-state index contributed by atoms with van der Waals surface area (Å²) in [4.78, 5) is 39.4. The van der Waals surface area contributed by atoms with Gasteiger partial charge in [0.1, 0.15) is 5.82 Å². The maximum Gasteiger partial charge on any atom is 0.325 e. The summed E-state index contributed by atoms with van der Waals surface area (Å²) in [5.74, 6) is 0.808. The Morgan fingerprint density at radius 2 is 1.59 bits per heavy atom.